The van der Waals surface area contributed by atoms with Crippen LogP contribution in [0.4, 0.5) is 0 Å². The van der Waals surface area contributed by atoms with E-state index in [0.29, 0.717) is 19.3 Å². The first kappa shape index (κ1) is 43.6. The van der Waals surface area contributed by atoms with E-state index in [2.05, 4.69) is 74.6 Å². The second-order valence-electron chi connectivity index (χ2n) is 12.3. The summed E-state index contributed by atoms with van der Waals surface area (Å²) in [5, 5.41) is 9.53. The number of rotatable bonds is 33. The van der Waals surface area contributed by atoms with Gasteiger partial charge in [-0.1, -0.05) is 139 Å². The fourth-order valence-electron chi connectivity index (χ4n) is 4.89. The molecule has 0 bridgehead atoms. The summed E-state index contributed by atoms with van der Waals surface area (Å²) < 4.78 is 10.5. The van der Waals surface area contributed by atoms with Crippen molar-refractivity contribution in [1.29, 1.82) is 0 Å². The van der Waals surface area contributed by atoms with Crippen LogP contribution in [0.15, 0.2) is 60.8 Å². The van der Waals surface area contributed by atoms with Crippen LogP contribution >= 0.6 is 0 Å². The second kappa shape index (κ2) is 37.1. The standard InChI is InChI=1S/C41H70O5/c1-3-5-7-9-11-13-15-17-19-20-22-23-25-27-29-31-33-35-40(43)45-38-39(37-42)46-41(44)36-34-32-30-28-26-24-21-18-16-14-12-10-8-6-4-2/h11,13-14,16-17,19,22-23,27,29,39,42H,3-10,12,15,18,20-21,24-26,28,30-38H2,1-2H3/t39-/m0/s1. The van der Waals surface area contributed by atoms with Crippen LogP contribution in [-0.4, -0.2) is 36.4 Å². The van der Waals surface area contributed by atoms with Crippen LogP contribution in [0.5, 0.6) is 0 Å². The van der Waals surface area contributed by atoms with Gasteiger partial charge >= 0.3 is 11.9 Å². The molecule has 264 valence electrons. The maximum Gasteiger partial charge on any atom is 0.306 e. The molecule has 0 rings (SSSR count). The molecular weight excluding hydrogens is 572 g/mol. The third-order valence-electron chi connectivity index (χ3n) is 7.78. The lowest BCUT2D eigenvalue weighted by atomic mass is 10.1. The number of carbonyl (C=O) groups is 2. The zero-order valence-corrected chi connectivity index (χ0v) is 29.8. The van der Waals surface area contributed by atoms with Crippen molar-refractivity contribution >= 4 is 11.9 Å². The van der Waals surface area contributed by atoms with Crippen LogP contribution in [0.1, 0.15) is 168 Å². The molecule has 5 heteroatoms. The number of esters is 2. The highest BCUT2D eigenvalue weighted by molar-refractivity contribution is 5.70. The molecule has 0 aromatic heterocycles. The molecule has 5 nitrogen and oxygen atoms in total. The molecule has 0 amide bonds. The van der Waals surface area contributed by atoms with Crippen molar-refractivity contribution in [3.63, 3.8) is 0 Å². The fourth-order valence-corrected chi connectivity index (χ4v) is 4.89. The number of aliphatic hydroxyl groups is 1. The van der Waals surface area contributed by atoms with E-state index in [9.17, 15) is 14.7 Å². The zero-order valence-electron chi connectivity index (χ0n) is 29.8. The van der Waals surface area contributed by atoms with Crippen molar-refractivity contribution in [2.24, 2.45) is 0 Å². The van der Waals surface area contributed by atoms with E-state index < -0.39 is 6.10 Å². The van der Waals surface area contributed by atoms with Gasteiger partial charge < -0.3 is 14.6 Å². The zero-order chi connectivity index (χ0) is 33.6. The Kier molecular flexibility index (Phi) is 35.1. The number of allylic oxidation sites excluding steroid dienone is 10. The summed E-state index contributed by atoms with van der Waals surface area (Å²) in [7, 11) is 0. The SMILES string of the molecule is CCCCCC=CCC=CCC=CCC=CCCCC(=O)OC[C@H](CO)OC(=O)CCCCCCCCCC=CCCCCCC. The smallest absolute Gasteiger partial charge is 0.306 e. The molecule has 0 saturated heterocycles. The molecule has 0 aromatic rings. The minimum absolute atomic E-state index is 0.0978. The highest BCUT2D eigenvalue weighted by Crippen LogP contribution is 2.12. The van der Waals surface area contributed by atoms with Gasteiger partial charge in [0.15, 0.2) is 6.10 Å². The molecule has 0 aliphatic carbocycles. The number of unbranched alkanes of at least 4 members (excludes halogenated alkanes) is 15. The fraction of sp³-hybridized carbons (Fsp3) is 0.707. The van der Waals surface area contributed by atoms with Crippen molar-refractivity contribution < 1.29 is 24.2 Å². The third kappa shape index (κ3) is 34.5. The van der Waals surface area contributed by atoms with E-state index >= 15 is 0 Å². The Hall–Kier alpha value is -2.40. The number of hydrogen-bond acceptors (Lipinski definition) is 5. The van der Waals surface area contributed by atoms with Gasteiger partial charge in [-0.3, -0.25) is 9.59 Å². The average Bonchev–Trinajstić information content (AvgIpc) is 3.06. The van der Waals surface area contributed by atoms with Gasteiger partial charge in [-0.05, 0) is 77.0 Å². The normalized spacial score (nSPS) is 12.8. The van der Waals surface area contributed by atoms with Crippen molar-refractivity contribution in [1.82, 2.24) is 0 Å². The number of aliphatic hydroxyl groups excluding tert-OH is 1. The van der Waals surface area contributed by atoms with E-state index in [1.54, 1.807) is 0 Å². The van der Waals surface area contributed by atoms with Crippen LogP contribution < -0.4 is 0 Å². The first-order valence-electron chi connectivity index (χ1n) is 18.8. The molecule has 0 radical (unpaired) electrons. The predicted octanol–water partition coefficient (Wildman–Crippen LogP) is 11.6. The van der Waals surface area contributed by atoms with Gasteiger partial charge in [0.25, 0.3) is 0 Å². The van der Waals surface area contributed by atoms with Crippen molar-refractivity contribution in [3.8, 4) is 0 Å². The quantitative estimate of drug-likeness (QED) is 0.0438. The molecule has 0 heterocycles. The molecule has 0 unspecified atom stereocenters. The molecule has 0 spiro atoms. The van der Waals surface area contributed by atoms with Gasteiger partial charge in [0.2, 0.25) is 0 Å². The van der Waals surface area contributed by atoms with Gasteiger partial charge in [0, 0.05) is 12.8 Å². The van der Waals surface area contributed by atoms with Crippen LogP contribution in [0.2, 0.25) is 0 Å². The Bertz CT molecular complexity index is 823. The first-order valence-corrected chi connectivity index (χ1v) is 18.8. The summed E-state index contributed by atoms with van der Waals surface area (Å²) in [6, 6.07) is 0. The van der Waals surface area contributed by atoms with Crippen molar-refractivity contribution in [2.45, 2.75) is 174 Å². The van der Waals surface area contributed by atoms with E-state index in [-0.39, 0.29) is 25.2 Å². The third-order valence-corrected chi connectivity index (χ3v) is 7.78. The van der Waals surface area contributed by atoms with Crippen LogP contribution in [-0.2, 0) is 19.1 Å². The summed E-state index contributed by atoms with van der Waals surface area (Å²) in [6.45, 7) is 4.03. The molecule has 1 N–H and O–H groups in total. The Morgan fingerprint density at radius 1 is 0.500 bits per heavy atom. The largest absolute Gasteiger partial charge is 0.462 e. The minimum Gasteiger partial charge on any atom is -0.462 e. The van der Waals surface area contributed by atoms with Crippen LogP contribution in [0, 0.1) is 0 Å². The number of carbonyl (C=O) groups excluding carboxylic acids is 2. The van der Waals surface area contributed by atoms with E-state index in [1.165, 1.54) is 89.9 Å². The Morgan fingerprint density at radius 2 is 0.891 bits per heavy atom. The molecule has 0 aromatic carbocycles. The van der Waals surface area contributed by atoms with Gasteiger partial charge in [-0.15, -0.1) is 0 Å². The van der Waals surface area contributed by atoms with Gasteiger partial charge in [0.1, 0.15) is 6.61 Å². The Balaban J connectivity index is 3.69. The first-order chi connectivity index (χ1) is 22.6. The summed E-state index contributed by atoms with van der Waals surface area (Å²) in [5.41, 5.74) is 0. The lowest BCUT2D eigenvalue weighted by Crippen LogP contribution is -2.28. The maximum absolute atomic E-state index is 12.1. The van der Waals surface area contributed by atoms with E-state index in [4.69, 9.17) is 9.47 Å². The topological polar surface area (TPSA) is 72.8 Å². The lowest BCUT2D eigenvalue weighted by molar-refractivity contribution is -0.161. The summed E-state index contributed by atoms with van der Waals surface area (Å²) in [6.07, 6.45) is 47.0. The predicted molar refractivity (Wildman–Crippen MR) is 196 cm³/mol. The Labute approximate surface area is 283 Å². The maximum atomic E-state index is 12.1. The Morgan fingerprint density at radius 3 is 1.43 bits per heavy atom. The summed E-state index contributed by atoms with van der Waals surface area (Å²) in [4.78, 5) is 24.2. The molecule has 1 atom stereocenters. The second-order valence-corrected chi connectivity index (χ2v) is 12.3. The number of hydrogen-bond donors (Lipinski definition) is 1. The van der Waals surface area contributed by atoms with Crippen LogP contribution in [0.25, 0.3) is 0 Å². The summed E-state index contributed by atoms with van der Waals surface area (Å²) in [5.74, 6) is -0.666. The van der Waals surface area contributed by atoms with Crippen molar-refractivity contribution in [3.05, 3.63) is 60.8 Å². The van der Waals surface area contributed by atoms with Gasteiger partial charge in [-0.25, -0.2) is 0 Å². The molecule has 0 fully saturated rings. The molecule has 0 aliphatic heterocycles. The van der Waals surface area contributed by atoms with Crippen LogP contribution in [0.3, 0.4) is 0 Å². The molecule has 46 heavy (non-hydrogen) atoms. The summed E-state index contributed by atoms with van der Waals surface area (Å²) >= 11 is 0. The minimum atomic E-state index is -0.796. The monoisotopic (exact) mass is 643 g/mol. The van der Waals surface area contributed by atoms with E-state index in [1.807, 2.05) is 0 Å². The van der Waals surface area contributed by atoms with Gasteiger partial charge in [0.05, 0.1) is 6.61 Å². The number of ether oxygens (including phenoxy) is 2. The molecule has 0 aliphatic rings. The van der Waals surface area contributed by atoms with E-state index in [0.717, 1.165) is 44.9 Å². The van der Waals surface area contributed by atoms with Crippen molar-refractivity contribution in [2.75, 3.05) is 13.2 Å². The highest BCUT2D eigenvalue weighted by atomic mass is 16.6. The van der Waals surface area contributed by atoms with Gasteiger partial charge in [-0.2, -0.15) is 0 Å². The molecular formula is C41H70O5. The highest BCUT2D eigenvalue weighted by Gasteiger charge is 2.16. The molecule has 0 saturated carbocycles. The average molecular weight is 643 g/mol. The lowest BCUT2D eigenvalue weighted by Gasteiger charge is -2.15.